The first kappa shape index (κ1) is 18.9. The summed E-state index contributed by atoms with van der Waals surface area (Å²) in [5.41, 5.74) is 1.02. The molecule has 0 unspecified atom stereocenters. The number of thioether (sulfide) groups is 1. The lowest BCUT2D eigenvalue weighted by Gasteiger charge is -2.12. The van der Waals surface area contributed by atoms with Crippen molar-refractivity contribution in [2.24, 2.45) is 5.92 Å². The lowest BCUT2D eigenvalue weighted by molar-refractivity contribution is -0.120. The van der Waals surface area contributed by atoms with Gasteiger partial charge in [-0.1, -0.05) is 61.9 Å². The maximum Gasteiger partial charge on any atom is 0.229 e. The highest BCUT2D eigenvalue weighted by Crippen LogP contribution is 2.29. The fourth-order valence-corrected chi connectivity index (χ4v) is 3.93. The van der Waals surface area contributed by atoms with E-state index in [1.54, 1.807) is 12.1 Å². The number of carbonyl (C=O) groups is 1. The molecule has 0 bridgehead atoms. The Morgan fingerprint density at radius 3 is 2.71 bits per heavy atom. The van der Waals surface area contributed by atoms with Crippen LogP contribution in [-0.4, -0.2) is 16.1 Å². The minimum atomic E-state index is -0.238. The Hall–Kier alpha value is -1.47. The van der Waals surface area contributed by atoms with Crippen LogP contribution in [0.25, 0.3) is 0 Å². The summed E-state index contributed by atoms with van der Waals surface area (Å²) >= 11 is 2.90. The van der Waals surface area contributed by atoms with Crippen molar-refractivity contribution in [1.29, 1.82) is 0 Å². The van der Waals surface area contributed by atoms with Gasteiger partial charge >= 0.3 is 0 Å². The molecule has 0 aliphatic rings. The summed E-state index contributed by atoms with van der Waals surface area (Å²) in [4.78, 5) is 12.3. The molecule has 0 saturated carbocycles. The van der Waals surface area contributed by atoms with Gasteiger partial charge in [-0.25, -0.2) is 4.39 Å². The van der Waals surface area contributed by atoms with Gasteiger partial charge in [-0.15, -0.1) is 10.2 Å². The third kappa shape index (κ3) is 5.87. The number of nitrogens with zero attached hydrogens (tertiary/aromatic N) is 2. The normalized spacial score (nSPS) is 12.1. The molecule has 0 spiro atoms. The lowest BCUT2D eigenvalue weighted by atomic mass is 9.99. The first-order valence-corrected chi connectivity index (χ1v) is 9.94. The highest BCUT2D eigenvalue weighted by Gasteiger charge is 2.17. The number of aromatic nitrogens is 2. The van der Waals surface area contributed by atoms with Gasteiger partial charge in [0.2, 0.25) is 11.0 Å². The van der Waals surface area contributed by atoms with Crippen LogP contribution in [0.15, 0.2) is 28.6 Å². The van der Waals surface area contributed by atoms with E-state index in [1.165, 1.54) is 35.2 Å². The highest BCUT2D eigenvalue weighted by atomic mass is 32.2. The van der Waals surface area contributed by atoms with Crippen LogP contribution in [0.1, 0.15) is 45.1 Å². The third-order valence-corrected chi connectivity index (χ3v) is 5.73. The van der Waals surface area contributed by atoms with Gasteiger partial charge in [0.25, 0.3) is 0 Å². The molecule has 1 atom stereocenters. The van der Waals surface area contributed by atoms with Crippen molar-refractivity contribution in [1.82, 2.24) is 10.2 Å². The smallest absolute Gasteiger partial charge is 0.229 e. The van der Waals surface area contributed by atoms with Crippen LogP contribution in [0, 0.1) is 11.7 Å². The number of carbonyl (C=O) groups excluding carboxylic acids is 1. The van der Waals surface area contributed by atoms with Gasteiger partial charge in [-0.05, 0) is 30.5 Å². The zero-order chi connectivity index (χ0) is 17.4. The van der Waals surface area contributed by atoms with Crippen molar-refractivity contribution < 1.29 is 9.18 Å². The second-order valence-corrected chi connectivity index (χ2v) is 7.72. The molecule has 1 aromatic carbocycles. The van der Waals surface area contributed by atoms with E-state index in [-0.39, 0.29) is 17.6 Å². The fraction of sp³-hybridized carbons (Fsp3) is 0.471. The average Bonchev–Trinajstić information content (AvgIpc) is 3.02. The summed E-state index contributed by atoms with van der Waals surface area (Å²) in [5, 5.41) is 11.5. The monoisotopic (exact) mass is 367 g/mol. The van der Waals surface area contributed by atoms with Crippen LogP contribution in [0.5, 0.6) is 0 Å². The summed E-state index contributed by atoms with van der Waals surface area (Å²) in [6.07, 6.45) is 3.88. The van der Waals surface area contributed by atoms with E-state index in [2.05, 4.69) is 22.4 Å². The summed E-state index contributed by atoms with van der Waals surface area (Å²) < 4.78 is 13.7. The number of halogens is 1. The number of rotatable bonds is 9. The number of benzene rings is 1. The maximum absolute atomic E-state index is 12.9. The topological polar surface area (TPSA) is 54.9 Å². The lowest BCUT2D eigenvalue weighted by Crippen LogP contribution is -2.22. The number of anilines is 1. The second-order valence-electron chi connectivity index (χ2n) is 5.52. The Balaban J connectivity index is 1.85. The van der Waals surface area contributed by atoms with E-state index in [9.17, 15) is 9.18 Å². The largest absolute Gasteiger partial charge is 0.300 e. The van der Waals surface area contributed by atoms with Gasteiger partial charge < -0.3 is 5.32 Å². The fourth-order valence-electron chi connectivity index (χ4n) is 2.22. The van der Waals surface area contributed by atoms with E-state index in [1.807, 2.05) is 6.92 Å². The zero-order valence-electron chi connectivity index (χ0n) is 13.9. The van der Waals surface area contributed by atoms with Crippen LogP contribution in [-0.2, 0) is 10.5 Å². The van der Waals surface area contributed by atoms with E-state index in [0.717, 1.165) is 35.6 Å². The Morgan fingerprint density at radius 1 is 1.29 bits per heavy atom. The molecule has 0 saturated heterocycles. The zero-order valence-corrected chi connectivity index (χ0v) is 15.6. The van der Waals surface area contributed by atoms with Gasteiger partial charge in [-0.2, -0.15) is 0 Å². The molecule has 24 heavy (non-hydrogen) atoms. The van der Waals surface area contributed by atoms with Crippen molar-refractivity contribution in [3.05, 3.63) is 35.6 Å². The Morgan fingerprint density at radius 2 is 2.04 bits per heavy atom. The molecular formula is C17H22FN3OS2. The van der Waals surface area contributed by atoms with Crippen molar-refractivity contribution in [3.8, 4) is 0 Å². The molecule has 0 fully saturated rings. The summed E-state index contributed by atoms with van der Waals surface area (Å²) in [6, 6.07) is 6.41. The van der Waals surface area contributed by atoms with Crippen molar-refractivity contribution in [3.63, 3.8) is 0 Å². The quantitative estimate of drug-likeness (QED) is 0.493. The van der Waals surface area contributed by atoms with Crippen molar-refractivity contribution >= 4 is 34.1 Å². The molecule has 1 aromatic heterocycles. The number of amides is 1. The maximum atomic E-state index is 12.9. The molecule has 7 heteroatoms. The van der Waals surface area contributed by atoms with Crippen LogP contribution < -0.4 is 5.32 Å². The molecule has 0 aliphatic heterocycles. The van der Waals surface area contributed by atoms with E-state index < -0.39 is 0 Å². The predicted octanol–water partition coefficient (Wildman–Crippen LogP) is 5.12. The van der Waals surface area contributed by atoms with Crippen LogP contribution in [0.3, 0.4) is 0 Å². The number of hydrogen-bond donors (Lipinski definition) is 1. The van der Waals surface area contributed by atoms with Gasteiger partial charge in [0.15, 0.2) is 4.34 Å². The van der Waals surface area contributed by atoms with Crippen molar-refractivity contribution in [2.75, 3.05) is 5.32 Å². The van der Waals surface area contributed by atoms with Gasteiger partial charge in [-0.3, -0.25) is 4.79 Å². The average molecular weight is 368 g/mol. The Bertz CT molecular complexity index is 646. The molecule has 0 radical (unpaired) electrons. The number of nitrogens with one attached hydrogen (secondary N) is 1. The molecule has 0 aliphatic carbocycles. The number of unbranched alkanes of at least 4 members (excludes halogenated alkanes) is 1. The molecule has 2 rings (SSSR count). The number of hydrogen-bond acceptors (Lipinski definition) is 5. The second kappa shape index (κ2) is 9.74. The minimum Gasteiger partial charge on any atom is -0.300 e. The van der Waals surface area contributed by atoms with Crippen LogP contribution in [0.4, 0.5) is 9.52 Å². The Kier molecular flexibility index (Phi) is 7.65. The SMILES string of the molecule is CCCC[C@H](CC)C(=O)Nc1nnc(SCc2ccc(F)cc2)s1. The standard InChI is InChI=1S/C17H22FN3OS2/c1-3-5-6-13(4-2)15(22)19-16-20-21-17(24-16)23-11-12-7-9-14(18)10-8-12/h7-10,13H,3-6,11H2,1-2H3,(H,19,20,22)/t13-/m0/s1. The van der Waals surface area contributed by atoms with E-state index in [0.29, 0.717) is 10.9 Å². The summed E-state index contributed by atoms with van der Waals surface area (Å²) in [5.74, 6) is 0.510. The highest BCUT2D eigenvalue weighted by molar-refractivity contribution is 8.00. The van der Waals surface area contributed by atoms with Crippen LogP contribution >= 0.6 is 23.1 Å². The molecule has 1 heterocycles. The molecule has 1 amide bonds. The molecule has 4 nitrogen and oxygen atoms in total. The Labute approximate surface area is 150 Å². The molecule has 2 aromatic rings. The minimum absolute atomic E-state index is 0.0252. The van der Waals surface area contributed by atoms with E-state index >= 15 is 0 Å². The van der Waals surface area contributed by atoms with Crippen LogP contribution in [0.2, 0.25) is 0 Å². The summed E-state index contributed by atoms with van der Waals surface area (Å²) in [7, 11) is 0. The van der Waals surface area contributed by atoms with Gasteiger partial charge in [0, 0.05) is 11.7 Å². The summed E-state index contributed by atoms with van der Waals surface area (Å²) in [6.45, 7) is 4.16. The molecule has 130 valence electrons. The first-order valence-electron chi connectivity index (χ1n) is 8.14. The van der Waals surface area contributed by atoms with E-state index in [4.69, 9.17) is 0 Å². The predicted molar refractivity (Wildman–Crippen MR) is 97.8 cm³/mol. The first-order chi connectivity index (χ1) is 11.6. The van der Waals surface area contributed by atoms with Gasteiger partial charge in [0.05, 0.1) is 0 Å². The molecular weight excluding hydrogens is 345 g/mol. The van der Waals surface area contributed by atoms with Gasteiger partial charge in [0.1, 0.15) is 5.82 Å². The third-order valence-electron chi connectivity index (χ3n) is 3.68. The van der Waals surface area contributed by atoms with Crippen molar-refractivity contribution in [2.45, 2.75) is 49.6 Å². The molecule has 1 N–H and O–H groups in total.